The molecule has 0 aliphatic carbocycles. The van der Waals surface area contributed by atoms with Crippen molar-refractivity contribution in [1.82, 2.24) is 9.88 Å². The molecule has 4 rings (SSSR count). The van der Waals surface area contributed by atoms with Crippen LogP contribution in [0.1, 0.15) is 16.1 Å². The molecule has 7 nitrogen and oxygen atoms in total. The van der Waals surface area contributed by atoms with Crippen LogP contribution < -0.4 is 5.32 Å². The van der Waals surface area contributed by atoms with Gasteiger partial charge in [0.15, 0.2) is 10.8 Å². The Balaban J connectivity index is 1.50. The Bertz CT molecular complexity index is 1340. The van der Waals surface area contributed by atoms with Crippen LogP contribution in [0.25, 0.3) is 27.1 Å². The molecule has 0 bridgehead atoms. The number of furan rings is 1. The third-order valence-corrected chi connectivity index (χ3v) is 5.63. The Morgan fingerprint density at radius 1 is 1.09 bits per heavy atom. The van der Waals surface area contributed by atoms with Gasteiger partial charge in [-0.3, -0.25) is 9.59 Å². The summed E-state index contributed by atoms with van der Waals surface area (Å²) in [5.41, 5.74) is 1.75. The normalized spacial score (nSPS) is 11.2. The highest BCUT2D eigenvalue weighted by atomic mass is 32.1. The molecule has 2 amide bonds. The summed E-state index contributed by atoms with van der Waals surface area (Å²) in [6.07, 6.45) is 1.39. The highest BCUT2D eigenvalue weighted by molar-refractivity contribution is 7.21. The minimum absolute atomic E-state index is 0.108. The molecule has 0 aliphatic heterocycles. The second kappa shape index (κ2) is 8.88. The molecule has 8 heteroatoms. The molecule has 2 heterocycles. The van der Waals surface area contributed by atoms with E-state index in [4.69, 9.17) is 4.42 Å². The molecule has 1 N–H and O–H groups in total. The number of carbonyl (C=O) groups is 2. The lowest BCUT2D eigenvalue weighted by Crippen LogP contribution is -2.21. The predicted molar refractivity (Wildman–Crippen MR) is 124 cm³/mol. The van der Waals surface area contributed by atoms with E-state index in [1.54, 1.807) is 50.5 Å². The van der Waals surface area contributed by atoms with Crippen molar-refractivity contribution in [2.75, 3.05) is 19.4 Å². The number of nitrogens with one attached hydrogen (secondary N) is 1. The van der Waals surface area contributed by atoms with Crippen molar-refractivity contribution in [3.05, 3.63) is 77.6 Å². The van der Waals surface area contributed by atoms with Gasteiger partial charge in [0.05, 0.1) is 10.2 Å². The summed E-state index contributed by atoms with van der Waals surface area (Å²) in [6, 6.07) is 19.6. The number of nitrogens with zero attached hydrogens (tertiary/aromatic N) is 3. The molecule has 0 saturated carbocycles. The molecule has 0 spiro atoms. The summed E-state index contributed by atoms with van der Waals surface area (Å²) in [7, 11) is 3.33. The fraction of sp³-hybridized carbons (Fsp3) is 0.0833. The average Bonchev–Trinajstić information content (AvgIpc) is 3.44. The van der Waals surface area contributed by atoms with Gasteiger partial charge in [-0.1, -0.05) is 12.1 Å². The van der Waals surface area contributed by atoms with E-state index >= 15 is 0 Å². The first-order valence-electron chi connectivity index (χ1n) is 9.65. The average molecular weight is 443 g/mol. The van der Waals surface area contributed by atoms with Crippen LogP contribution in [0.3, 0.4) is 0 Å². The third kappa shape index (κ3) is 4.43. The number of anilines is 1. The lowest BCUT2D eigenvalue weighted by molar-refractivity contribution is -0.112. The van der Waals surface area contributed by atoms with Crippen molar-refractivity contribution >= 4 is 45.1 Å². The van der Waals surface area contributed by atoms with Crippen LogP contribution in [0, 0.1) is 11.3 Å². The van der Waals surface area contributed by atoms with Gasteiger partial charge < -0.3 is 14.6 Å². The van der Waals surface area contributed by atoms with E-state index in [9.17, 15) is 14.9 Å². The zero-order valence-electron chi connectivity index (χ0n) is 17.3. The topological polar surface area (TPSA) is 99.2 Å². The molecular weight excluding hydrogens is 424 g/mol. The van der Waals surface area contributed by atoms with Gasteiger partial charge in [-0.2, -0.15) is 5.26 Å². The Hall–Kier alpha value is -4.22. The van der Waals surface area contributed by atoms with Crippen LogP contribution in [0.15, 0.2) is 70.7 Å². The number of fused-ring (bicyclic) bond motifs is 1. The number of carbonyl (C=O) groups excluding carboxylic acids is 2. The first kappa shape index (κ1) is 21.0. The Morgan fingerprint density at radius 3 is 2.53 bits per heavy atom. The van der Waals surface area contributed by atoms with E-state index < -0.39 is 5.91 Å². The summed E-state index contributed by atoms with van der Waals surface area (Å²) >= 11 is 1.50. The summed E-state index contributed by atoms with van der Waals surface area (Å²) < 4.78 is 6.84. The zero-order chi connectivity index (χ0) is 22.7. The van der Waals surface area contributed by atoms with Crippen LogP contribution in [0.4, 0.5) is 5.69 Å². The summed E-state index contributed by atoms with van der Waals surface area (Å²) in [5.74, 6) is 0.230. The van der Waals surface area contributed by atoms with E-state index in [1.165, 1.54) is 22.3 Å². The van der Waals surface area contributed by atoms with Crippen LogP contribution >= 0.6 is 11.3 Å². The monoisotopic (exact) mass is 442 g/mol. The van der Waals surface area contributed by atoms with E-state index in [2.05, 4.69) is 10.3 Å². The molecular formula is C24H18N4O3S. The highest BCUT2D eigenvalue weighted by Gasteiger charge is 2.14. The molecule has 0 fully saturated rings. The summed E-state index contributed by atoms with van der Waals surface area (Å²) in [5, 5.41) is 12.8. The molecule has 158 valence electrons. The lowest BCUT2D eigenvalue weighted by Gasteiger charge is -2.10. The molecule has 32 heavy (non-hydrogen) atoms. The fourth-order valence-electron chi connectivity index (χ4n) is 2.97. The van der Waals surface area contributed by atoms with Crippen LogP contribution in [0.2, 0.25) is 0 Å². The number of aromatic nitrogens is 1. The molecule has 0 aliphatic rings. The van der Waals surface area contributed by atoms with Gasteiger partial charge in [0.1, 0.15) is 17.4 Å². The first-order valence-corrected chi connectivity index (χ1v) is 10.5. The second-order valence-electron chi connectivity index (χ2n) is 7.09. The fourth-order valence-corrected chi connectivity index (χ4v) is 3.89. The smallest absolute Gasteiger partial charge is 0.266 e. The van der Waals surface area contributed by atoms with Gasteiger partial charge in [-0.15, -0.1) is 11.3 Å². The van der Waals surface area contributed by atoms with Gasteiger partial charge in [0, 0.05) is 31.4 Å². The van der Waals surface area contributed by atoms with Crippen molar-refractivity contribution in [1.29, 1.82) is 5.26 Å². The third-order valence-electron chi connectivity index (χ3n) is 4.58. The van der Waals surface area contributed by atoms with E-state index in [0.717, 1.165) is 15.2 Å². The molecule has 0 atom stereocenters. The zero-order valence-corrected chi connectivity index (χ0v) is 18.1. The quantitative estimate of drug-likeness (QED) is 0.353. The number of thiazole rings is 1. The van der Waals surface area contributed by atoms with Gasteiger partial charge in [0.25, 0.3) is 11.8 Å². The van der Waals surface area contributed by atoms with Crippen LogP contribution in [0.5, 0.6) is 0 Å². The van der Waals surface area contributed by atoms with E-state index in [-0.39, 0.29) is 11.5 Å². The van der Waals surface area contributed by atoms with Crippen molar-refractivity contribution in [2.24, 2.45) is 0 Å². The van der Waals surface area contributed by atoms with Crippen LogP contribution in [-0.2, 0) is 4.79 Å². The van der Waals surface area contributed by atoms with Gasteiger partial charge in [-0.05, 0) is 48.5 Å². The molecule has 0 saturated heterocycles. The maximum atomic E-state index is 12.5. The summed E-state index contributed by atoms with van der Waals surface area (Å²) in [6.45, 7) is 0. The summed E-state index contributed by atoms with van der Waals surface area (Å²) in [4.78, 5) is 30.5. The minimum Gasteiger partial charge on any atom is -0.454 e. The number of hydrogen-bond donors (Lipinski definition) is 1. The highest BCUT2D eigenvalue weighted by Crippen LogP contribution is 2.31. The molecule has 0 radical (unpaired) electrons. The molecule has 0 unspecified atom stereocenters. The maximum absolute atomic E-state index is 12.5. The van der Waals surface area contributed by atoms with Crippen LogP contribution in [-0.4, -0.2) is 35.8 Å². The van der Waals surface area contributed by atoms with Gasteiger partial charge in [-0.25, -0.2) is 4.98 Å². The number of hydrogen-bond acceptors (Lipinski definition) is 6. The Morgan fingerprint density at radius 2 is 1.84 bits per heavy atom. The number of nitriles is 1. The molecule has 4 aromatic rings. The number of amides is 2. The van der Waals surface area contributed by atoms with Crippen molar-refractivity contribution in [2.45, 2.75) is 0 Å². The number of rotatable bonds is 5. The second-order valence-corrected chi connectivity index (χ2v) is 8.12. The number of benzene rings is 2. The molecule has 2 aromatic carbocycles. The maximum Gasteiger partial charge on any atom is 0.266 e. The predicted octanol–water partition coefficient (Wildman–Crippen LogP) is 4.80. The standard InChI is InChI=1S/C24H18N4O3S/c1-28(2)24(30)15-7-9-17(10-8-15)26-22(29)16(14-25)13-18-11-12-20(31-18)23-27-19-5-3-4-6-21(19)32-23/h3-13H,1-2H3,(H,26,29)/b16-13+. The lowest BCUT2D eigenvalue weighted by atomic mass is 10.1. The molecule has 2 aromatic heterocycles. The SMILES string of the molecule is CN(C)C(=O)c1ccc(NC(=O)/C(C#N)=C/c2ccc(-c3nc4ccccc4s3)o2)cc1. The van der Waals surface area contributed by atoms with Crippen molar-refractivity contribution in [3.63, 3.8) is 0 Å². The van der Waals surface area contributed by atoms with E-state index in [0.29, 0.717) is 22.8 Å². The van der Waals surface area contributed by atoms with E-state index in [1.807, 2.05) is 30.3 Å². The minimum atomic E-state index is -0.572. The van der Waals surface area contributed by atoms with Gasteiger partial charge >= 0.3 is 0 Å². The van der Waals surface area contributed by atoms with Crippen molar-refractivity contribution in [3.8, 4) is 16.8 Å². The Labute approximate surface area is 188 Å². The number of para-hydroxylation sites is 1. The van der Waals surface area contributed by atoms with Gasteiger partial charge in [0.2, 0.25) is 0 Å². The Kier molecular flexibility index (Phi) is 5.83. The largest absolute Gasteiger partial charge is 0.454 e. The first-order chi connectivity index (χ1) is 15.4. The van der Waals surface area contributed by atoms with Crippen molar-refractivity contribution < 1.29 is 14.0 Å².